The number of hydrogen-bond acceptors (Lipinski definition) is 3. The van der Waals surface area contributed by atoms with E-state index in [0.717, 1.165) is 11.3 Å². The third-order valence-electron chi connectivity index (χ3n) is 4.43. The second-order valence-electron chi connectivity index (χ2n) is 6.00. The predicted molar refractivity (Wildman–Crippen MR) is 99.3 cm³/mol. The van der Waals surface area contributed by atoms with Crippen LogP contribution in [0.25, 0.3) is 5.76 Å². The summed E-state index contributed by atoms with van der Waals surface area (Å²) in [7, 11) is -3.22. The van der Waals surface area contributed by atoms with Crippen LogP contribution in [0.1, 0.15) is 5.56 Å². The first-order chi connectivity index (χ1) is 12.3. The molecular formula is C19H21N2O3P. The highest BCUT2D eigenvalue weighted by Crippen LogP contribution is 2.60. The lowest BCUT2D eigenvalue weighted by Crippen LogP contribution is -2.41. The molecule has 1 atom stereocenters. The highest BCUT2D eigenvalue weighted by Gasteiger charge is 2.43. The van der Waals surface area contributed by atoms with Gasteiger partial charge in [-0.1, -0.05) is 48.5 Å². The Morgan fingerprint density at radius 3 is 2.20 bits per heavy atom. The molecule has 1 saturated heterocycles. The molecule has 2 aromatic rings. The van der Waals surface area contributed by atoms with E-state index in [1.165, 1.54) is 0 Å². The maximum Gasteiger partial charge on any atom is 0.422 e. The van der Waals surface area contributed by atoms with Gasteiger partial charge in [0.15, 0.2) is 0 Å². The van der Waals surface area contributed by atoms with Crippen molar-refractivity contribution in [1.82, 2.24) is 4.67 Å². The zero-order valence-electron chi connectivity index (χ0n) is 14.0. The topological polar surface area (TPSA) is 42.0 Å². The summed E-state index contributed by atoms with van der Waals surface area (Å²) in [5.41, 5.74) is 1.85. The van der Waals surface area contributed by atoms with Gasteiger partial charge >= 0.3 is 7.67 Å². The summed E-state index contributed by atoms with van der Waals surface area (Å²) in [6.07, 6.45) is 2.00. The fraction of sp³-hybridized carbons (Fsp3) is 0.263. The van der Waals surface area contributed by atoms with Crippen molar-refractivity contribution in [2.75, 3.05) is 37.5 Å². The molecule has 2 heterocycles. The Kier molecular flexibility index (Phi) is 4.62. The average Bonchev–Trinajstić information content (AvgIpc) is 2.70. The lowest BCUT2D eigenvalue weighted by atomic mass is 10.2. The predicted octanol–water partition coefficient (Wildman–Crippen LogP) is 4.00. The van der Waals surface area contributed by atoms with E-state index in [4.69, 9.17) is 9.26 Å². The molecule has 0 amide bonds. The molecule has 0 spiro atoms. The van der Waals surface area contributed by atoms with Crippen LogP contribution in [0.4, 0.5) is 5.69 Å². The Bertz CT molecular complexity index is 789. The van der Waals surface area contributed by atoms with Crippen molar-refractivity contribution in [2.24, 2.45) is 0 Å². The van der Waals surface area contributed by atoms with Crippen molar-refractivity contribution in [3.8, 4) is 0 Å². The number of nitrogens with zero attached hydrogens (tertiary/aromatic N) is 2. The molecule has 0 radical (unpaired) electrons. The van der Waals surface area contributed by atoms with E-state index in [-0.39, 0.29) is 0 Å². The van der Waals surface area contributed by atoms with Crippen molar-refractivity contribution in [3.63, 3.8) is 0 Å². The summed E-state index contributed by atoms with van der Waals surface area (Å²) < 4.78 is 29.5. The van der Waals surface area contributed by atoms with Gasteiger partial charge < -0.3 is 9.26 Å². The molecule has 0 N–H and O–H groups in total. The molecule has 2 aromatic carbocycles. The molecule has 6 heteroatoms. The number of ether oxygens (including phenoxy) is 1. The van der Waals surface area contributed by atoms with E-state index >= 15 is 0 Å². The van der Waals surface area contributed by atoms with Gasteiger partial charge in [-0.25, -0.2) is 4.57 Å². The fourth-order valence-corrected chi connectivity index (χ4v) is 5.47. The van der Waals surface area contributed by atoms with Crippen molar-refractivity contribution < 1.29 is 13.8 Å². The summed E-state index contributed by atoms with van der Waals surface area (Å²) in [6, 6.07) is 19.7. The Labute approximate surface area is 148 Å². The third-order valence-corrected chi connectivity index (χ3v) is 6.98. The molecule has 1 fully saturated rings. The molecule has 25 heavy (non-hydrogen) atoms. The standard InChI is InChI=1S/C19H21N2O3P/c22-25(20-13-15-23-16-14-20)21(18-9-5-2-6-10-18)12-11-19(24-25)17-7-3-1-4-8-17/h1-11H,12-16H2. The number of benzene rings is 2. The van der Waals surface area contributed by atoms with E-state index in [0.29, 0.717) is 38.6 Å². The van der Waals surface area contributed by atoms with Crippen LogP contribution >= 0.6 is 7.67 Å². The third kappa shape index (κ3) is 3.23. The summed E-state index contributed by atoms with van der Waals surface area (Å²) in [6.45, 7) is 2.88. The van der Waals surface area contributed by atoms with Crippen molar-refractivity contribution in [1.29, 1.82) is 0 Å². The highest BCUT2D eigenvalue weighted by molar-refractivity contribution is 7.58. The summed E-state index contributed by atoms with van der Waals surface area (Å²) >= 11 is 0. The Balaban J connectivity index is 1.73. The van der Waals surface area contributed by atoms with Gasteiger partial charge in [-0.15, -0.1) is 0 Å². The molecule has 1 unspecified atom stereocenters. The quantitative estimate of drug-likeness (QED) is 0.778. The Morgan fingerprint density at radius 2 is 1.52 bits per heavy atom. The van der Waals surface area contributed by atoms with E-state index in [9.17, 15) is 4.57 Å². The van der Waals surface area contributed by atoms with Crippen LogP contribution in [0.15, 0.2) is 66.7 Å². The normalized spacial score (nSPS) is 24.5. The summed E-state index contributed by atoms with van der Waals surface area (Å²) in [4.78, 5) is 0. The van der Waals surface area contributed by atoms with Gasteiger partial charge in [0.2, 0.25) is 0 Å². The molecule has 2 aliphatic rings. The number of para-hydroxylation sites is 1. The van der Waals surface area contributed by atoms with Crippen LogP contribution in [0.5, 0.6) is 0 Å². The lowest BCUT2D eigenvalue weighted by molar-refractivity contribution is 0.0672. The Hall–Kier alpha value is -2.07. The Morgan fingerprint density at radius 1 is 0.880 bits per heavy atom. The minimum absolute atomic E-state index is 0.545. The zero-order chi connectivity index (χ0) is 17.1. The van der Waals surface area contributed by atoms with Crippen LogP contribution < -0.4 is 4.67 Å². The number of morpholine rings is 1. The van der Waals surface area contributed by atoms with Crippen molar-refractivity contribution in [3.05, 3.63) is 72.3 Å². The molecule has 0 bridgehead atoms. The van der Waals surface area contributed by atoms with Crippen LogP contribution in [0.3, 0.4) is 0 Å². The number of hydrogen-bond donors (Lipinski definition) is 0. The molecule has 5 nitrogen and oxygen atoms in total. The first kappa shape index (κ1) is 16.4. The average molecular weight is 356 g/mol. The highest BCUT2D eigenvalue weighted by atomic mass is 31.2. The zero-order valence-corrected chi connectivity index (χ0v) is 14.8. The van der Waals surface area contributed by atoms with Gasteiger partial charge in [0.1, 0.15) is 5.76 Å². The largest absolute Gasteiger partial charge is 0.422 e. The minimum Gasteiger partial charge on any atom is -0.417 e. The maximum atomic E-state index is 14.0. The van der Waals surface area contributed by atoms with Gasteiger partial charge in [-0.2, -0.15) is 4.67 Å². The van der Waals surface area contributed by atoms with Crippen LogP contribution in [-0.4, -0.2) is 37.5 Å². The van der Waals surface area contributed by atoms with E-state index in [1.807, 2.05) is 76.1 Å². The summed E-state index contributed by atoms with van der Waals surface area (Å²) in [5, 5.41) is 0. The molecule has 0 aromatic heterocycles. The van der Waals surface area contributed by atoms with E-state index in [1.54, 1.807) is 0 Å². The number of rotatable bonds is 3. The van der Waals surface area contributed by atoms with Crippen LogP contribution in [-0.2, 0) is 13.8 Å². The SMILES string of the molecule is O=P1(N2CCOCC2)OC(c2ccccc2)=CCN1c1ccccc1. The second-order valence-corrected chi connectivity index (χ2v) is 8.21. The maximum absolute atomic E-state index is 14.0. The van der Waals surface area contributed by atoms with Gasteiger partial charge in [-0.05, 0) is 18.2 Å². The van der Waals surface area contributed by atoms with E-state index < -0.39 is 7.67 Å². The van der Waals surface area contributed by atoms with Gasteiger partial charge in [0, 0.05) is 24.3 Å². The fourth-order valence-electron chi connectivity index (χ4n) is 3.13. The smallest absolute Gasteiger partial charge is 0.417 e. The molecule has 0 saturated carbocycles. The molecule has 0 aliphatic carbocycles. The number of anilines is 1. The minimum atomic E-state index is -3.22. The van der Waals surface area contributed by atoms with E-state index in [2.05, 4.69) is 0 Å². The van der Waals surface area contributed by atoms with Gasteiger partial charge in [0.25, 0.3) is 0 Å². The monoisotopic (exact) mass is 356 g/mol. The molecule has 130 valence electrons. The summed E-state index contributed by atoms with van der Waals surface area (Å²) in [5.74, 6) is 0.683. The van der Waals surface area contributed by atoms with Gasteiger partial charge in [-0.3, -0.25) is 4.67 Å². The van der Waals surface area contributed by atoms with Gasteiger partial charge in [0.05, 0.1) is 19.8 Å². The van der Waals surface area contributed by atoms with Crippen LogP contribution in [0.2, 0.25) is 0 Å². The van der Waals surface area contributed by atoms with Crippen molar-refractivity contribution in [2.45, 2.75) is 0 Å². The van der Waals surface area contributed by atoms with Crippen molar-refractivity contribution >= 4 is 19.1 Å². The molecule has 4 rings (SSSR count). The second kappa shape index (κ2) is 7.04. The molecule has 2 aliphatic heterocycles. The molecular weight excluding hydrogens is 335 g/mol. The lowest BCUT2D eigenvalue weighted by Gasteiger charge is -2.42. The van der Waals surface area contributed by atoms with Crippen LogP contribution in [0, 0.1) is 0 Å². The first-order valence-corrected chi connectivity index (χ1v) is 10.0. The first-order valence-electron chi connectivity index (χ1n) is 8.49.